The number of thioether (sulfide) groups is 1. The number of rotatable bonds is 6. The van der Waals surface area contributed by atoms with Crippen LogP contribution in [0, 0.1) is 11.3 Å². The quantitative estimate of drug-likeness (QED) is 0.401. The first-order valence-electron chi connectivity index (χ1n) is 10.6. The minimum atomic E-state index is -0.930. The smallest absolute Gasteiger partial charge is 0.355 e. The molecule has 0 saturated heterocycles. The zero-order valence-electron chi connectivity index (χ0n) is 19.3. The molecule has 2 aromatic carbocycles. The second kappa shape index (κ2) is 9.95. The lowest BCUT2D eigenvalue weighted by Crippen LogP contribution is -2.40. The van der Waals surface area contributed by atoms with Crippen molar-refractivity contribution in [2.45, 2.75) is 18.1 Å². The van der Waals surface area contributed by atoms with E-state index in [9.17, 15) is 14.9 Å². The van der Waals surface area contributed by atoms with Crippen molar-refractivity contribution in [1.29, 1.82) is 5.26 Å². The highest BCUT2D eigenvalue weighted by Gasteiger charge is 2.43. The van der Waals surface area contributed by atoms with Gasteiger partial charge < -0.3 is 19.6 Å². The Morgan fingerprint density at radius 3 is 2.51 bits per heavy atom. The van der Waals surface area contributed by atoms with Gasteiger partial charge in [0.25, 0.3) is 5.22 Å². The van der Waals surface area contributed by atoms with Crippen LogP contribution in [0.4, 0.5) is 5.69 Å². The summed E-state index contributed by atoms with van der Waals surface area (Å²) in [6.45, 7) is 1.98. The lowest BCUT2D eigenvalue weighted by atomic mass is 9.81. The number of carbonyl (C=O) groups excluding carboxylic acids is 2. The number of fused-ring (bicyclic) bond motifs is 1. The summed E-state index contributed by atoms with van der Waals surface area (Å²) in [4.78, 5) is 32.0. The molecule has 0 radical (unpaired) electrons. The first kappa shape index (κ1) is 23.9. The van der Waals surface area contributed by atoms with Crippen molar-refractivity contribution < 1.29 is 23.5 Å². The molecule has 0 spiro atoms. The number of ether oxygens (including phenoxy) is 2. The van der Waals surface area contributed by atoms with Crippen LogP contribution in [0.2, 0.25) is 0 Å². The monoisotopic (exact) mass is 490 g/mol. The van der Waals surface area contributed by atoms with E-state index in [0.29, 0.717) is 27.6 Å². The van der Waals surface area contributed by atoms with Gasteiger partial charge in [0.1, 0.15) is 17.0 Å². The van der Waals surface area contributed by atoms with Crippen LogP contribution in [-0.4, -0.2) is 36.9 Å². The standard InChI is InChI=1S/C25H22N4O5S/c1-4-35-25-28-17-11-10-15(12-18(17)34-25)29-21(24(31)33-3)20(23(30)32-2)19(16(13-26)22(29)27)14-8-6-5-7-9-14/h5-12,19H,4,27H2,1-3H3. The van der Waals surface area contributed by atoms with Crippen LogP contribution in [0.15, 0.2) is 80.8 Å². The molecule has 3 aromatic rings. The van der Waals surface area contributed by atoms with Gasteiger partial charge in [-0.2, -0.15) is 5.26 Å². The summed E-state index contributed by atoms with van der Waals surface area (Å²) in [7, 11) is 2.41. The number of hydrogen-bond acceptors (Lipinski definition) is 10. The Balaban J connectivity index is 2.01. The highest BCUT2D eigenvalue weighted by molar-refractivity contribution is 7.99. The van der Waals surface area contributed by atoms with Gasteiger partial charge in [0.05, 0.1) is 43.0 Å². The number of oxazole rings is 1. The van der Waals surface area contributed by atoms with Gasteiger partial charge >= 0.3 is 11.9 Å². The zero-order chi connectivity index (χ0) is 25.1. The summed E-state index contributed by atoms with van der Waals surface area (Å²) in [6, 6.07) is 16.0. The Hall–Kier alpha value is -4.23. The van der Waals surface area contributed by atoms with Gasteiger partial charge in [0.15, 0.2) is 5.58 Å². The van der Waals surface area contributed by atoms with Gasteiger partial charge in [-0.05, 0) is 23.4 Å². The molecule has 0 bridgehead atoms. The molecule has 9 nitrogen and oxygen atoms in total. The van der Waals surface area contributed by atoms with Crippen LogP contribution in [0.1, 0.15) is 18.4 Å². The van der Waals surface area contributed by atoms with Crippen LogP contribution in [0.25, 0.3) is 11.1 Å². The summed E-state index contributed by atoms with van der Waals surface area (Å²) in [5, 5.41) is 10.6. The maximum atomic E-state index is 13.1. The molecule has 0 fully saturated rings. The van der Waals surface area contributed by atoms with Gasteiger partial charge in [-0.25, -0.2) is 14.6 Å². The number of nitriles is 1. The molecule has 4 rings (SSSR count). The molecule has 0 amide bonds. The highest BCUT2D eigenvalue weighted by atomic mass is 32.2. The number of benzene rings is 2. The Labute approximate surface area is 205 Å². The molecule has 2 N–H and O–H groups in total. The fourth-order valence-corrected chi connectivity index (χ4v) is 4.56. The summed E-state index contributed by atoms with van der Waals surface area (Å²) in [6.07, 6.45) is 0. The summed E-state index contributed by atoms with van der Waals surface area (Å²) < 4.78 is 15.9. The third kappa shape index (κ3) is 4.22. The van der Waals surface area contributed by atoms with E-state index in [0.717, 1.165) is 5.75 Å². The number of hydrogen-bond donors (Lipinski definition) is 1. The summed E-state index contributed by atoms with van der Waals surface area (Å²) >= 11 is 1.45. The fourth-order valence-electron chi connectivity index (χ4n) is 4.00. The molecule has 178 valence electrons. The van der Waals surface area contributed by atoms with Crippen LogP contribution >= 0.6 is 11.8 Å². The lowest BCUT2D eigenvalue weighted by Gasteiger charge is -2.35. The zero-order valence-corrected chi connectivity index (χ0v) is 20.1. The summed E-state index contributed by atoms with van der Waals surface area (Å²) in [5.74, 6) is -1.76. The molecule has 1 aliphatic heterocycles. The van der Waals surface area contributed by atoms with Gasteiger partial charge in [-0.3, -0.25) is 4.90 Å². The highest BCUT2D eigenvalue weighted by Crippen LogP contribution is 2.43. The van der Waals surface area contributed by atoms with Gasteiger partial charge in [0, 0.05) is 6.07 Å². The van der Waals surface area contributed by atoms with Crippen LogP contribution in [0.5, 0.6) is 0 Å². The van der Waals surface area contributed by atoms with E-state index < -0.39 is 17.9 Å². The maximum absolute atomic E-state index is 13.1. The Bertz CT molecular complexity index is 1400. The minimum absolute atomic E-state index is 0.0172. The molecular weight excluding hydrogens is 468 g/mol. The molecule has 35 heavy (non-hydrogen) atoms. The van der Waals surface area contributed by atoms with Crippen molar-refractivity contribution in [1.82, 2.24) is 4.98 Å². The van der Waals surface area contributed by atoms with E-state index in [4.69, 9.17) is 19.6 Å². The van der Waals surface area contributed by atoms with E-state index in [1.54, 1.807) is 48.5 Å². The van der Waals surface area contributed by atoms with Crippen LogP contribution in [0.3, 0.4) is 0 Å². The van der Waals surface area contributed by atoms with Gasteiger partial charge in [-0.1, -0.05) is 49.0 Å². The maximum Gasteiger partial charge on any atom is 0.355 e. The van der Waals surface area contributed by atoms with E-state index in [-0.39, 0.29) is 22.7 Å². The Morgan fingerprint density at radius 2 is 1.89 bits per heavy atom. The average molecular weight is 491 g/mol. The number of anilines is 1. The SMILES string of the molecule is CCSc1nc2ccc(N3C(N)=C(C#N)C(c4ccccc4)C(C(=O)OC)=C3C(=O)OC)cc2o1. The summed E-state index contributed by atoms with van der Waals surface area (Å²) in [5.41, 5.74) is 8.46. The minimum Gasteiger partial charge on any atom is -0.466 e. The Morgan fingerprint density at radius 1 is 1.17 bits per heavy atom. The van der Waals surface area contributed by atoms with Gasteiger partial charge in [0.2, 0.25) is 0 Å². The van der Waals surface area contributed by atoms with E-state index in [1.165, 1.54) is 30.9 Å². The normalized spacial score (nSPS) is 15.8. The molecular formula is C25H22N4O5S. The van der Waals surface area contributed by atoms with Crippen LogP contribution in [-0.2, 0) is 19.1 Å². The average Bonchev–Trinajstić information content (AvgIpc) is 3.29. The molecule has 1 aliphatic rings. The number of methoxy groups -OCH3 is 2. The molecule has 2 heterocycles. The third-order valence-electron chi connectivity index (χ3n) is 5.49. The predicted molar refractivity (Wildman–Crippen MR) is 130 cm³/mol. The number of carbonyl (C=O) groups is 2. The first-order valence-corrected chi connectivity index (χ1v) is 11.6. The van der Waals surface area contributed by atoms with E-state index in [2.05, 4.69) is 11.1 Å². The second-order valence-corrected chi connectivity index (χ2v) is 8.62. The first-order chi connectivity index (χ1) is 16.9. The second-order valence-electron chi connectivity index (χ2n) is 7.40. The number of esters is 2. The number of allylic oxidation sites excluding steroid dienone is 1. The molecule has 1 unspecified atom stereocenters. The number of nitrogens with zero attached hydrogens (tertiary/aromatic N) is 3. The molecule has 0 aliphatic carbocycles. The van der Waals surface area contributed by atoms with Crippen molar-refractivity contribution >= 4 is 40.5 Å². The topological polar surface area (TPSA) is 132 Å². The number of nitrogens with two attached hydrogens (primary N) is 1. The van der Waals surface area contributed by atoms with Crippen molar-refractivity contribution in [2.75, 3.05) is 24.9 Å². The van der Waals surface area contributed by atoms with Gasteiger partial charge in [-0.15, -0.1) is 0 Å². The van der Waals surface area contributed by atoms with Crippen molar-refractivity contribution in [3.63, 3.8) is 0 Å². The Kier molecular flexibility index (Phi) is 6.80. The van der Waals surface area contributed by atoms with Crippen molar-refractivity contribution in [3.8, 4) is 6.07 Å². The molecule has 1 atom stereocenters. The largest absolute Gasteiger partial charge is 0.466 e. The molecule has 0 saturated carbocycles. The fraction of sp³-hybridized carbons (Fsp3) is 0.200. The van der Waals surface area contributed by atoms with Crippen molar-refractivity contribution in [3.05, 3.63) is 76.8 Å². The van der Waals surface area contributed by atoms with E-state index >= 15 is 0 Å². The lowest BCUT2D eigenvalue weighted by molar-refractivity contribution is -0.139. The number of aromatic nitrogens is 1. The molecule has 10 heteroatoms. The molecule has 1 aromatic heterocycles. The predicted octanol–water partition coefficient (Wildman–Crippen LogP) is 3.84. The van der Waals surface area contributed by atoms with Crippen molar-refractivity contribution in [2.24, 2.45) is 5.73 Å². The van der Waals surface area contributed by atoms with E-state index in [1.807, 2.05) is 6.92 Å². The van der Waals surface area contributed by atoms with Crippen LogP contribution < -0.4 is 10.6 Å². The third-order valence-corrected chi connectivity index (χ3v) is 6.20.